The number of fused-ring (bicyclic) bond motifs is 1. The van der Waals surface area contributed by atoms with Crippen LogP contribution < -0.4 is 10.9 Å². The average molecular weight is 473 g/mol. The van der Waals surface area contributed by atoms with Crippen LogP contribution in [0.2, 0.25) is 5.02 Å². The van der Waals surface area contributed by atoms with Crippen LogP contribution in [0.5, 0.6) is 0 Å². The minimum atomic E-state index is -0.567. The third kappa shape index (κ3) is 4.21. The van der Waals surface area contributed by atoms with E-state index in [-0.39, 0.29) is 24.6 Å². The molecule has 34 heavy (non-hydrogen) atoms. The molecule has 0 saturated heterocycles. The quantitative estimate of drug-likeness (QED) is 0.444. The van der Waals surface area contributed by atoms with Gasteiger partial charge in [-0.2, -0.15) is 5.10 Å². The lowest BCUT2D eigenvalue weighted by atomic mass is 9.78. The predicted molar refractivity (Wildman–Crippen MR) is 133 cm³/mol. The van der Waals surface area contributed by atoms with Gasteiger partial charge in [0.05, 0.1) is 35.3 Å². The Morgan fingerprint density at radius 1 is 0.971 bits per heavy atom. The van der Waals surface area contributed by atoms with Gasteiger partial charge in [0, 0.05) is 16.6 Å². The van der Waals surface area contributed by atoms with Crippen LogP contribution in [-0.4, -0.2) is 20.7 Å². The first kappa shape index (κ1) is 22.3. The van der Waals surface area contributed by atoms with Crippen molar-refractivity contribution in [3.63, 3.8) is 0 Å². The minimum Gasteiger partial charge on any atom is -0.350 e. The summed E-state index contributed by atoms with van der Waals surface area (Å²) in [6, 6.07) is 20.6. The zero-order chi connectivity index (χ0) is 23.5. The van der Waals surface area contributed by atoms with Gasteiger partial charge >= 0.3 is 0 Å². The van der Waals surface area contributed by atoms with Gasteiger partial charge in [-0.3, -0.25) is 14.6 Å². The Labute approximate surface area is 202 Å². The van der Waals surface area contributed by atoms with Crippen molar-refractivity contribution in [3.05, 3.63) is 105 Å². The average Bonchev–Trinajstić information content (AvgIpc) is 3.37. The summed E-state index contributed by atoms with van der Waals surface area (Å²) in [4.78, 5) is 30.9. The summed E-state index contributed by atoms with van der Waals surface area (Å²) in [5.74, 6) is -0.0133. The molecule has 1 fully saturated rings. The fourth-order valence-corrected chi connectivity index (χ4v) is 5.04. The van der Waals surface area contributed by atoms with E-state index in [0.29, 0.717) is 16.1 Å². The first-order chi connectivity index (χ1) is 16.6. The molecule has 0 bridgehead atoms. The fourth-order valence-electron chi connectivity index (χ4n) is 4.92. The summed E-state index contributed by atoms with van der Waals surface area (Å²) in [6.45, 7) is 0.497. The summed E-state index contributed by atoms with van der Waals surface area (Å²) in [5, 5.41) is 9.74. The highest BCUT2D eigenvalue weighted by molar-refractivity contribution is 6.30. The van der Waals surface area contributed by atoms with E-state index in [2.05, 4.69) is 15.4 Å². The molecule has 6 nitrogen and oxygen atoms in total. The van der Waals surface area contributed by atoms with Crippen LogP contribution >= 0.6 is 11.6 Å². The highest BCUT2D eigenvalue weighted by atomic mass is 35.5. The third-order valence-corrected chi connectivity index (χ3v) is 6.94. The summed E-state index contributed by atoms with van der Waals surface area (Å²) in [7, 11) is 0. The zero-order valence-corrected chi connectivity index (χ0v) is 19.5. The first-order valence-corrected chi connectivity index (χ1v) is 11.9. The molecule has 0 unspecified atom stereocenters. The maximum Gasteiger partial charge on any atom is 0.275 e. The van der Waals surface area contributed by atoms with Crippen molar-refractivity contribution in [3.8, 4) is 0 Å². The van der Waals surface area contributed by atoms with E-state index in [1.165, 1.54) is 4.68 Å². The third-order valence-electron chi connectivity index (χ3n) is 6.69. The lowest BCUT2D eigenvalue weighted by Gasteiger charge is -2.28. The Balaban J connectivity index is 1.46. The molecule has 1 aliphatic rings. The van der Waals surface area contributed by atoms with E-state index >= 15 is 0 Å². The number of carbonyl (C=O) groups excluding carboxylic acids is 1. The highest BCUT2D eigenvalue weighted by Crippen LogP contribution is 2.41. The van der Waals surface area contributed by atoms with E-state index in [0.717, 1.165) is 42.3 Å². The number of hydrogen-bond acceptors (Lipinski definition) is 4. The Bertz CT molecular complexity index is 1380. The molecule has 4 aromatic rings. The molecule has 7 heteroatoms. The lowest BCUT2D eigenvalue weighted by molar-refractivity contribution is -0.126. The molecule has 0 atom stereocenters. The van der Waals surface area contributed by atoms with E-state index in [9.17, 15) is 9.59 Å². The summed E-state index contributed by atoms with van der Waals surface area (Å²) < 4.78 is 1.43. The van der Waals surface area contributed by atoms with E-state index < -0.39 is 5.41 Å². The molecular formula is C27H25ClN4O2. The number of carbonyl (C=O) groups is 1. The number of nitrogens with one attached hydrogen (secondary N) is 1. The van der Waals surface area contributed by atoms with Gasteiger partial charge in [0.2, 0.25) is 5.91 Å². The Morgan fingerprint density at radius 2 is 1.68 bits per heavy atom. The van der Waals surface area contributed by atoms with E-state index in [1.54, 1.807) is 12.3 Å². The number of aromatic nitrogens is 3. The van der Waals surface area contributed by atoms with Crippen molar-refractivity contribution >= 4 is 28.3 Å². The molecule has 0 spiro atoms. The van der Waals surface area contributed by atoms with Gasteiger partial charge in [0.25, 0.3) is 5.56 Å². The molecule has 1 aliphatic carbocycles. The van der Waals surface area contributed by atoms with Crippen LogP contribution in [0.3, 0.4) is 0 Å². The van der Waals surface area contributed by atoms with Gasteiger partial charge in [0.15, 0.2) is 0 Å². The SMILES string of the molecule is O=C(NCc1nn(Cc2ccccn2)c(=O)c2ccccc12)C1(c2ccc(Cl)cc2)CCCC1. The standard InChI is InChI=1S/C27H25ClN4O2/c28-20-12-10-19(11-13-20)27(14-4-5-15-27)26(34)30-17-24-22-8-1-2-9-23(22)25(33)32(31-24)18-21-7-3-6-16-29-21/h1-3,6-13,16H,4-5,14-15,17-18H2,(H,30,34). The molecule has 172 valence electrons. The van der Waals surface area contributed by atoms with Crippen molar-refractivity contribution in [1.29, 1.82) is 0 Å². The zero-order valence-electron chi connectivity index (χ0n) is 18.7. The molecule has 1 amide bonds. The Hall–Kier alpha value is -3.51. The Kier molecular flexibility index (Phi) is 6.16. The summed E-state index contributed by atoms with van der Waals surface area (Å²) >= 11 is 6.08. The second-order valence-electron chi connectivity index (χ2n) is 8.75. The molecule has 2 aromatic carbocycles. The molecule has 1 saturated carbocycles. The van der Waals surface area contributed by atoms with Gasteiger partial charge < -0.3 is 5.32 Å². The molecule has 0 aliphatic heterocycles. The van der Waals surface area contributed by atoms with Crippen molar-refractivity contribution in [2.24, 2.45) is 0 Å². The van der Waals surface area contributed by atoms with Gasteiger partial charge in [-0.1, -0.05) is 60.8 Å². The molecule has 0 radical (unpaired) electrons. The van der Waals surface area contributed by atoms with Crippen LogP contribution in [0.25, 0.3) is 10.8 Å². The Morgan fingerprint density at radius 3 is 2.38 bits per heavy atom. The van der Waals surface area contributed by atoms with E-state index in [4.69, 9.17) is 11.6 Å². The number of rotatable bonds is 6. The van der Waals surface area contributed by atoms with E-state index in [1.807, 2.05) is 60.7 Å². The van der Waals surface area contributed by atoms with Gasteiger partial charge in [0.1, 0.15) is 0 Å². The van der Waals surface area contributed by atoms with Crippen LogP contribution in [0, 0.1) is 0 Å². The largest absolute Gasteiger partial charge is 0.350 e. The van der Waals surface area contributed by atoms with Gasteiger partial charge in [-0.25, -0.2) is 4.68 Å². The highest BCUT2D eigenvalue weighted by Gasteiger charge is 2.42. The maximum absolute atomic E-state index is 13.6. The second-order valence-corrected chi connectivity index (χ2v) is 9.19. The van der Waals surface area contributed by atoms with Crippen molar-refractivity contribution in [2.45, 2.75) is 44.2 Å². The maximum atomic E-state index is 13.6. The van der Waals surface area contributed by atoms with Crippen molar-refractivity contribution < 1.29 is 4.79 Å². The second kappa shape index (κ2) is 9.39. The van der Waals surface area contributed by atoms with Gasteiger partial charge in [-0.15, -0.1) is 0 Å². The fraction of sp³-hybridized carbons (Fsp3) is 0.259. The van der Waals surface area contributed by atoms with Crippen molar-refractivity contribution in [1.82, 2.24) is 20.1 Å². The van der Waals surface area contributed by atoms with Gasteiger partial charge in [-0.05, 0) is 48.7 Å². The number of amides is 1. The number of hydrogen-bond donors (Lipinski definition) is 1. The summed E-state index contributed by atoms with van der Waals surface area (Å²) in [5.41, 5.74) is 1.65. The normalized spacial score (nSPS) is 14.9. The van der Waals surface area contributed by atoms with Crippen LogP contribution in [-0.2, 0) is 23.3 Å². The van der Waals surface area contributed by atoms with Crippen LogP contribution in [0.15, 0.2) is 77.7 Å². The number of nitrogens with zero attached hydrogens (tertiary/aromatic N) is 3. The van der Waals surface area contributed by atoms with Crippen molar-refractivity contribution in [2.75, 3.05) is 0 Å². The predicted octanol–water partition coefficient (Wildman–Crippen LogP) is 4.62. The molecular weight excluding hydrogens is 448 g/mol. The van der Waals surface area contributed by atoms with Crippen LogP contribution in [0.4, 0.5) is 0 Å². The molecule has 2 aromatic heterocycles. The monoisotopic (exact) mass is 472 g/mol. The molecule has 5 rings (SSSR count). The molecule has 1 N–H and O–H groups in total. The number of benzene rings is 2. The topological polar surface area (TPSA) is 76.9 Å². The minimum absolute atomic E-state index is 0.0133. The van der Waals surface area contributed by atoms with Crippen LogP contribution in [0.1, 0.15) is 42.6 Å². The number of halogens is 1. The summed E-state index contributed by atoms with van der Waals surface area (Å²) in [6.07, 6.45) is 5.31. The number of pyridine rings is 1. The smallest absolute Gasteiger partial charge is 0.275 e. The first-order valence-electron chi connectivity index (χ1n) is 11.5. The molecule has 2 heterocycles. The lowest BCUT2D eigenvalue weighted by Crippen LogP contribution is -2.42.